The highest BCUT2D eigenvalue weighted by Crippen LogP contribution is 2.26. The van der Waals surface area contributed by atoms with Gasteiger partial charge in [0, 0.05) is 0 Å². The van der Waals surface area contributed by atoms with E-state index < -0.39 is 63.6 Å². The third kappa shape index (κ3) is 5.91. The van der Waals surface area contributed by atoms with Crippen LogP contribution in [0, 0.1) is 12.1 Å². The van der Waals surface area contributed by atoms with Crippen LogP contribution >= 0.6 is 0 Å². The van der Waals surface area contributed by atoms with Gasteiger partial charge in [0.1, 0.15) is 12.1 Å². The molecule has 0 saturated carbocycles. The predicted molar refractivity (Wildman–Crippen MR) is 98.6 cm³/mol. The van der Waals surface area contributed by atoms with Crippen molar-refractivity contribution >= 4 is 27.7 Å². The van der Waals surface area contributed by atoms with Gasteiger partial charge in [-0.25, -0.2) is 13.2 Å². The monoisotopic (exact) mass is 457 g/mol. The highest BCUT2D eigenvalue weighted by molar-refractivity contribution is 7.91. The van der Waals surface area contributed by atoms with Crippen LogP contribution in [-0.4, -0.2) is 53.8 Å². The van der Waals surface area contributed by atoms with Gasteiger partial charge in [0.25, 0.3) is 9.84 Å². The summed E-state index contributed by atoms with van der Waals surface area (Å²) in [5.74, 6) is -4.52. The number of carboxylic acid groups (broad SMARTS) is 2. The second kappa shape index (κ2) is 9.42. The Labute approximate surface area is 175 Å². The maximum atomic E-state index is 12.8. The number of rotatable bonds is 10. The van der Waals surface area contributed by atoms with Gasteiger partial charge < -0.3 is 25.5 Å². The zero-order valence-corrected chi connectivity index (χ0v) is 17.2. The number of carboxylic acids is 2. The van der Waals surface area contributed by atoms with Gasteiger partial charge in [-0.2, -0.15) is 0 Å². The zero-order chi connectivity index (χ0) is 23.3. The van der Waals surface area contributed by atoms with Crippen molar-refractivity contribution in [1.29, 1.82) is 0 Å². The topological polar surface area (TPSA) is 200 Å². The number of hydrogen-bond acceptors (Lipinski definition) is 9. The molecule has 2 aromatic rings. The number of sulfone groups is 1. The molecule has 1 unspecified atom stereocenters. The van der Waals surface area contributed by atoms with Gasteiger partial charge in [0.05, 0.1) is 22.9 Å². The van der Waals surface area contributed by atoms with Crippen LogP contribution in [0.5, 0.6) is 5.88 Å². The molecule has 0 fully saturated rings. The van der Waals surface area contributed by atoms with E-state index in [2.05, 4.69) is 9.79 Å². The highest BCUT2D eigenvalue weighted by atomic mass is 32.2. The molecule has 31 heavy (non-hydrogen) atoms. The third-order valence-corrected chi connectivity index (χ3v) is 5.66. The smallest absolute Gasteiger partial charge is 0.415 e. The van der Waals surface area contributed by atoms with Crippen LogP contribution in [0.15, 0.2) is 38.8 Å². The lowest BCUT2D eigenvalue weighted by Crippen LogP contribution is -2.43. The molecule has 14 heteroatoms. The molecule has 1 amide bonds. The van der Waals surface area contributed by atoms with Crippen molar-refractivity contribution in [2.45, 2.75) is 48.8 Å². The van der Waals surface area contributed by atoms with Crippen molar-refractivity contribution in [3.63, 3.8) is 0 Å². The van der Waals surface area contributed by atoms with Crippen LogP contribution in [0.2, 0.25) is 0 Å². The first-order valence-electron chi connectivity index (χ1n) is 8.74. The van der Waals surface area contributed by atoms with E-state index in [0.717, 1.165) is 5.56 Å². The molecule has 1 aromatic heterocycles. The second-order valence-electron chi connectivity index (χ2n) is 6.55. The first kappa shape index (κ1) is 23.6. The fourth-order valence-electron chi connectivity index (χ4n) is 2.46. The van der Waals surface area contributed by atoms with Crippen molar-refractivity contribution in [3.05, 3.63) is 35.0 Å². The molecule has 0 aliphatic carbocycles. The Morgan fingerprint density at radius 2 is 1.84 bits per heavy atom. The number of hydrogen-bond donors (Lipinski definition) is 3. The molecule has 13 nitrogen and oxygen atoms in total. The Morgan fingerprint density at radius 3 is 2.39 bits per heavy atom. The van der Waals surface area contributed by atoms with Gasteiger partial charge in [0.2, 0.25) is 5.91 Å². The summed E-state index contributed by atoms with van der Waals surface area (Å²) in [5, 5.41) is 33.9. The summed E-state index contributed by atoms with van der Waals surface area (Å²) in [7, 11) is -4.37. The van der Waals surface area contributed by atoms with Gasteiger partial charge in [-0.1, -0.05) is 17.7 Å². The molecule has 2 rings (SSSR count). The first-order valence-corrected chi connectivity index (χ1v) is 10.2. The highest BCUT2D eigenvalue weighted by Gasteiger charge is 2.37. The SMILES string of the molecule is Cc1ccc(S(=O)(=O)c2c(OC(C)CC(=O)N[C@@H](CC(=O)O)C(=O)O)no[n+]2[O-])cc1. The lowest BCUT2D eigenvalue weighted by Gasteiger charge is -2.15. The van der Waals surface area contributed by atoms with E-state index in [1.54, 1.807) is 6.92 Å². The van der Waals surface area contributed by atoms with E-state index in [-0.39, 0.29) is 9.80 Å². The number of aromatic nitrogens is 2. The summed E-state index contributed by atoms with van der Waals surface area (Å²) in [4.78, 5) is 33.2. The number of nitrogens with one attached hydrogen (secondary N) is 1. The minimum atomic E-state index is -4.37. The number of carbonyl (C=O) groups excluding carboxylic acids is 1. The molecule has 1 heterocycles. The van der Waals surface area contributed by atoms with Crippen molar-refractivity contribution in [3.8, 4) is 5.88 Å². The summed E-state index contributed by atoms with van der Waals surface area (Å²) in [6, 6.07) is 3.96. The van der Waals surface area contributed by atoms with Crippen LogP contribution in [-0.2, 0) is 24.2 Å². The van der Waals surface area contributed by atoms with E-state index in [4.69, 9.17) is 14.9 Å². The van der Waals surface area contributed by atoms with Gasteiger partial charge in [-0.3, -0.25) is 14.2 Å². The molecular formula is C17H19N3O10S. The quantitative estimate of drug-likeness (QED) is 0.394. The maximum Gasteiger partial charge on any atom is 0.415 e. The van der Waals surface area contributed by atoms with Crippen molar-refractivity contribution in [2.24, 2.45) is 0 Å². The minimum Gasteiger partial charge on any atom is -0.481 e. The largest absolute Gasteiger partial charge is 0.481 e. The molecule has 0 aliphatic heterocycles. The molecule has 3 N–H and O–H groups in total. The van der Waals surface area contributed by atoms with Crippen LogP contribution in [0.25, 0.3) is 0 Å². The van der Waals surface area contributed by atoms with E-state index >= 15 is 0 Å². The van der Waals surface area contributed by atoms with Crippen LogP contribution in [0.1, 0.15) is 25.3 Å². The number of ether oxygens (including phenoxy) is 1. The van der Waals surface area contributed by atoms with Gasteiger partial charge in [-0.15, -0.1) is 0 Å². The fourth-order valence-corrected chi connectivity index (χ4v) is 3.73. The lowest BCUT2D eigenvalue weighted by molar-refractivity contribution is -0.832. The van der Waals surface area contributed by atoms with Crippen LogP contribution in [0.3, 0.4) is 0 Å². The number of nitrogens with zero attached hydrogens (tertiary/aromatic N) is 2. The summed E-state index contributed by atoms with van der Waals surface area (Å²) < 4.78 is 35.1. The third-order valence-electron chi connectivity index (χ3n) is 3.93. The van der Waals surface area contributed by atoms with Crippen molar-refractivity contribution < 1.29 is 47.3 Å². The van der Waals surface area contributed by atoms with E-state index in [1.165, 1.54) is 31.2 Å². The molecule has 0 spiro atoms. The number of aryl methyl sites for hydroxylation is 1. The average molecular weight is 457 g/mol. The maximum absolute atomic E-state index is 12.8. The summed E-state index contributed by atoms with van der Waals surface area (Å²) >= 11 is 0. The van der Waals surface area contributed by atoms with Crippen LogP contribution < -0.4 is 15.0 Å². The van der Waals surface area contributed by atoms with Gasteiger partial charge in [0.15, 0.2) is 0 Å². The number of amides is 1. The molecule has 0 saturated heterocycles. The Balaban J connectivity index is 2.15. The molecule has 0 bridgehead atoms. The predicted octanol–water partition coefficient (Wildman–Crippen LogP) is -0.349. The summed E-state index contributed by atoms with van der Waals surface area (Å²) in [6.07, 6.45) is -2.40. The lowest BCUT2D eigenvalue weighted by atomic mass is 10.2. The van der Waals surface area contributed by atoms with Crippen LogP contribution in [0.4, 0.5) is 0 Å². The van der Waals surface area contributed by atoms with Gasteiger partial charge >= 0.3 is 22.8 Å². The van der Waals surface area contributed by atoms with Crippen molar-refractivity contribution in [1.82, 2.24) is 10.5 Å². The Bertz CT molecular complexity index is 1080. The second-order valence-corrected chi connectivity index (χ2v) is 8.41. The first-order chi connectivity index (χ1) is 14.4. The molecular weight excluding hydrogens is 438 g/mol. The number of carbonyl (C=O) groups is 3. The molecule has 0 aliphatic rings. The number of benzene rings is 1. The van der Waals surface area contributed by atoms with E-state index in [0.29, 0.717) is 0 Å². The Morgan fingerprint density at radius 1 is 1.23 bits per heavy atom. The molecule has 0 radical (unpaired) electrons. The standard InChI is InChI=1S/C17H19N3O10S/c1-9-3-5-11(6-4-9)31(27,28)16-15(19-30-20(16)26)29-10(2)7-13(21)18-12(17(24)25)8-14(22)23/h3-6,10,12H,7-8H2,1-2H3,(H,18,21)(H,22,23)(H,24,25)/t10?,12-/m0/s1. The molecule has 168 valence electrons. The van der Waals surface area contributed by atoms with E-state index in [1.807, 2.05) is 5.32 Å². The summed E-state index contributed by atoms with van der Waals surface area (Å²) in [6.45, 7) is 3.08. The zero-order valence-electron chi connectivity index (χ0n) is 16.3. The Hall–Kier alpha value is -3.68. The Kier molecular flexibility index (Phi) is 7.17. The van der Waals surface area contributed by atoms with Crippen molar-refractivity contribution in [2.75, 3.05) is 0 Å². The number of aliphatic carboxylic acids is 2. The van der Waals surface area contributed by atoms with Gasteiger partial charge in [-0.05, 0) is 30.9 Å². The van der Waals surface area contributed by atoms with E-state index in [9.17, 15) is 28.0 Å². The molecule has 2 atom stereocenters. The minimum absolute atomic E-state index is 0.209. The molecule has 1 aromatic carbocycles. The summed E-state index contributed by atoms with van der Waals surface area (Å²) in [5.41, 5.74) is 0.790. The average Bonchev–Trinajstić information content (AvgIpc) is 3.01. The normalized spacial score (nSPS) is 13.2. The fraction of sp³-hybridized carbons (Fsp3) is 0.353.